The highest BCUT2D eigenvalue weighted by Crippen LogP contribution is 1.86. The molecule has 0 aromatic carbocycles. The molecule has 4 nitrogen and oxygen atoms in total. The highest BCUT2D eigenvalue weighted by molar-refractivity contribution is 4.72. The van der Waals surface area contributed by atoms with Gasteiger partial charge in [0.05, 0.1) is 26.3 Å². The number of rotatable bonds is 8. The van der Waals surface area contributed by atoms with E-state index in [-0.39, 0.29) is 0 Å². The van der Waals surface area contributed by atoms with Crippen LogP contribution < -0.4 is 0 Å². The standard InChI is InChI=1S/C9H18N2O2/c1-3-12-7-5-11(9-10)6-8-13-4-2/h3-8H2,1-2H3. The molecule has 0 radical (unpaired) electrons. The summed E-state index contributed by atoms with van der Waals surface area (Å²) >= 11 is 0. The second kappa shape index (κ2) is 9.30. The summed E-state index contributed by atoms with van der Waals surface area (Å²) in [4.78, 5) is 1.64. The third-order valence-electron chi connectivity index (χ3n) is 1.56. The summed E-state index contributed by atoms with van der Waals surface area (Å²) in [6.07, 6.45) is 2.09. The van der Waals surface area contributed by atoms with Gasteiger partial charge < -0.3 is 14.4 Å². The Morgan fingerprint density at radius 2 is 1.54 bits per heavy atom. The van der Waals surface area contributed by atoms with Crippen molar-refractivity contribution in [2.75, 3.05) is 39.5 Å². The van der Waals surface area contributed by atoms with Gasteiger partial charge in [0.15, 0.2) is 6.19 Å². The van der Waals surface area contributed by atoms with Crippen LogP contribution in [-0.2, 0) is 9.47 Å². The molecule has 76 valence electrons. The predicted molar refractivity (Wildman–Crippen MR) is 50.2 cm³/mol. The van der Waals surface area contributed by atoms with E-state index in [0.29, 0.717) is 39.5 Å². The summed E-state index contributed by atoms with van der Waals surface area (Å²) in [6, 6.07) is 0. The van der Waals surface area contributed by atoms with Gasteiger partial charge in [-0.1, -0.05) is 0 Å². The fourth-order valence-corrected chi connectivity index (χ4v) is 0.850. The fourth-order valence-electron chi connectivity index (χ4n) is 0.850. The van der Waals surface area contributed by atoms with Crippen LogP contribution >= 0.6 is 0 Å². The van der Waals surface area contributed by atoms with Crippen molar-refractivity contribution < 1.29 is 9.47 Å². The molecule has 0 fully saturated rings. The van der Waals surface area contributed by atoms with Crippen LogP contribution in [0.25, 0.3) is 0 Å². The van der Waals surface area contributed by atoms with Crippen molar-refractivity contribution in [1.29, 1.82) is 5.26 Å². The van der Waals surface area contributed by atoms with Gasteiger partial charge in [0.2, 0.25) is 0 Å². The molecule has 0 rings (SSSR count). The molecule has 0 aliphatic carbocycles. The number of nitriles is 1. The van der Waals surface area contributed by atoms with Crippen molar-refractivity contribution >= 4 is 0 Å². The molecule has 0 heterocycles. The van der Waals surface area contributed by atoms with E-state index in [2.05, 4.69) is 6.19 Å². The van der Waals surface area contributed by atoms with Crippen LogP contribution in [0.15, 0.2) is 0 Å². The topological polar surface area (TPSA) is 45.5 Å². The molecule has 4 heteroatoms. The minimum absolute atomic E-state index is 0.607. The van der Waals surface area contributed by atoms with E-state index < -0.39 is 0 Å². The predicted octanol–water partition coefficient (Wildman–Crippen LogP) is 0.842. The summed E-state index contributed by atoms with van der Waals surface area (Å²) in [5.41, 5.74) is 0. The SMILES string of the molecule is CCOCCN(C#N)CCOCC. The van der Waals surface area contributed by atoms with Crippen molar-refractivity contribution in [3.8, 4) is 6.19 Å². The Balaban J connectivity index is 3.36. The second-order valence-electron chi connectivity index (χ2n) is 2.48. The van der Waals surface area contributed by atoms with Crippen LogP contribution in [0.4, 0.5) is 0 Å². The summed E-state index contributed by atoms with van der Waals surface area (Å²) < 4.78 is 10.3. The smallest absolute Gasteiger partial charge is 0.179 e. The number of ether oxygens (including phenoxy) is 2. The third kappa shape index (κ3) is 7.57. The Morgan fingerprint density at radius 1 is 1.08 bits per heavy atom. The van der Waals surface area contributed by atoms with E-state index in [1.165, 1.54) is 0 Å². The zero-order valence-electron chi connectivity index (χ0n) is 8.45. The van der Waals surface area contributed by atoms with Gasteiger partial charge in [-0.15, -0.1) is 0 Å². The van der Waals surface area contributed by atoms with Gasteiger partial charge in [-0.25, -0.2) is 0 Å². The van der Waals surface area contributed by atoms with Crippen LogP contribution in [0.2, 0.25) is 0 Å². The van der Waals surface area contributed by atoms with Gasteiger partial charge in [0.1, 0.15) is 0 Å². The Hall–Kier alpha value is -0.790. The van der Waals surface area contributed by atoms with Gasteiger partial charge in [0.25, 0.3) is 0 Å². The van der Waals surface area contributed by atoms with E-state index in [4.69, 9.17) is 14.7 Å². The lowest BCUT2D eigenvalue weighted by atomic mass is 10.5. The number of nitrogens with zero attached hydrogens (tertiary/aromatic N) is 2. The first-order valence-corrected chi connectivity index (χ1v) is 4.65. The average molecular weight is 186 g/mol. The maximum Gasteiger partial charge on any atom is 0.179 e. The zero-order valence-corrected chi connectivity index (χ0v) is 8.45. The normalized spacial score (nSPS) is 9.62. The molecule has 0 atom stereocenters. The average Bonchev–Trinajstić information content (AvgIpc) is 2.16. The summed E-state index contributed by atoms with van der Waals surface area (Å²) in [6.45, 7) is 7.80. The Morgan fingerprint density at radius 3 is 1.85 bits per heavy atom. The van der Waals surface area contributed by atoms with Gasteiger partial charge in [-0.3, -0.25) is 0 Å². The molecule has 0 spiro atoms. The molecule has 0 aromatic rings. The molecular weight excluding hydrogens is 168 g/mol. The Kier molecular flexibility index (Phi) is 8.73. The molecule has 0 amide bonds. The van der Waals surface area contributed by atoms with Gasteiger partial charge in [-0.05, 0) is 13.8 Å². The summed E-state index contributed by atoms with van der Waals surface area (Å²) in [5, 5.41) is 8.69. The molecule has 0 aliphatic rings. The van der Waals surface area contributed by atoms with E-state index in [1.807, 2.05) is 13.8 Å². The highest BCUT2D eigenvalue weighted by Gasteiger charge is 1.99. The van der Waals surface area contributed by atoms with Gasteiger partial charge >= 0.3 is 0 Å². The molecule has 0 unspecified atom stereocenters. The van der Waals surface area contributed by atoms with E-state index in [1.54, 1.807) is 4.90 Å². The third-order valence-corrected chi connectivity index (χ3v) is 1.56. The first-order chi connectivity index (χ1) is 6.35. The molecule has 0 saturated carbocycles. The Labute approximate surface area is 80.0 Å². The monoisotopic (exact) mass is 186 g/mol. The van der Waals surface area contributed by atoms with Crippen molar-refractivity contribution in [1.82, 2.24) is 4.90 Å². The second-order valence-corrected chi connectivity index (χ2v) is 2.48. The molecule has 13 heavy (non-hydrogen) atoms. The van der Waals surface area contributed by atoms with Crippen molar-refractivity contribution in [3.63, 3.8) is 0 Å². The van der Waals surface area contributed by atoms with E-state index in [0.717, 1.165) is 0 Å². The fraction of sp³-hybridized carbons (Fsp3) is 0.889. The Bertz CT molecular complexity index is 135. The minimum Gasteiger partial charge on any atom is -0.380 e. The molecule has 0 saturated heterocycles. The lowest BCUT2D eigenvalue weighted by molar-refractivity contribution is 0.103. The molecule has 0 aromatic heterocycles. The van der Waals surface area contributed by atoms with Gasteiger partial charge in [-0.2, -0.15) is 5.26 Å². The number of hydrogen-bond acceptors (Lipinski definition) is 4. The van der Waals surface area contributed by atoms with Crippen molar-refractivity contribution in [3.05, 3.63) is 0 Å². The van der Waals surface area contributed by atoms with Crippen LogP contribution in [-0.4, -0.2) is 44.4 Å². The quantitative estimate of drug-likeness (QED) is 0.320. The lowest BCUT2D eigenvalue weighted by Gasteiger charge is -2.14. The molecule has 0 N–H and O–H groups in total. The van der Waals surface area contributed by atoms with Crippen molar-refractivity contribution in [2.24, 2.45) is 0 Å². The van der Waals surface area contributed by atoms with Crippen LogP contribution in [0.1, 0.15) is 13.8 Å². The van der Waals surface area contributed by atoms with E-state index in [9.17, 15) is 0 Å². The number of hydrogen-bond donors (Lipinski definition) is 0. The maximum atomic E-state index is 8.69. The zero-order chi connectivity index (χ0) is 9.94. The summed E-state index contributed by atoms with van der Waals surface area (Å²) in [5.74, 6) is 0. The minimum atomic E-state index is 0.607. The molecule has 0 aliphatic heterocycles. The molecular formula is C9H18N2O2. The maximum absolute atomic E-state index is 8.69. The van der Waals surface area contributed by atoms with Crippen LogP contribution in [0, 0.1) is 11.5 Å². The van der Waals surface area contributed by atoms with Crippen molar-refractivity contribution in [2.45, 2.75) is 13.8 Å². The van der Waals surface area contributed by atoms with Gasteiger partial charge in [0, 0.05) is 13.2 Å². The first kappa shape index (κ1) is 12.2. The largest absolute Gasteiger partial charge is 0.380 e. The lowest BCUT2D eigenvalue weighted by Crippen LogP contribution is -2.26. The summed E-state index contributed by atoms with van der Waals surface area (Å²) in [7, 11) is 0. The van der Waals surface area contributed by atoms with Crippen LogP contribution in [0.3, 0.4) is 0 Å². The van der Waals surface area contributed by atoms with Crippen LogP contribution in [0.5, 0.6) is 0 Å². The molecule has 0 bridgehead atoms. The first-order valence-electron chi connectivity index (χ1n) is 4.65. The van der Waals surface area contributed by atoms with E-state index >= 15 is 0 Å². The highest BCUT2D eigenvalue weighted by atomic mass is 16.5.